The molecule has 0 aliphatic rings. The van der Waals surface area contributed by atoms with Crippen LogP contribution in [0.25, 0.3) is 5.69 Å². The Hall–Kier alpha value is -2.73. The molecule has 3 rings (SSSR count). The zero-order valence-electron chi connectivity index (χ0n) is 15.5. The summed E-state index contributed by atoms with van der Waals surface area (Å²) in [6, 6.07) is 19.6. The lowest BCUT2D eigenvalue weighted by Gasteiger charge is -2.09. The van der Waals surface area contributed by atoms with Crippen molar-refractivity contribution in [2.75, 3.05) is 18.2 Å². The van der Waals surface area contributed by atoms with Gasteiger partial charge in [0, 0.05) is 17.4 Å². The van der Waals surface area contributed by atoms with Gasteiger partial charge in [-0.15, -0.1) is 11.8 Å². The number of ether oxygens (including phenoxy) is 1. The number of para-hydroxylation sites is 1. The molecule has 3 aromatic rings. The van der Waals surface area contributed by atoms with Gasteiger partial charge in [0.1, 0.15) is 11.6 Å². The van der Waals surface area contributed by atoms with Gasteiger partial charge in [-0.3, -0.25) is 4.79 Å². The van der Waals surface area contributed by atoms with Gasteiger partial charge in [-0.1, -0.05) is 18.2 Å². The van der Waals surface area contributed by atoms with E-state index in [0.29, 0.717) is 12.2 Å². The Morgan fingerprint density at radius 1 is 1.15 bits per heavy atom. The number of carbonyl (C=O) groups excluding carboxylic acids is 1. The summed E-state index contributed by atoms with van der Waals surface area (Å²) in [5.74, 6) is 2.44. The Labute approximate surface area is 163 Å². The van der Waals surface area contributed by atoms with Crippen molar-refractivity contribution in [2.45, 2.75) is 24.7 Å². The average molecular weight is 382 g/mol. The predicted molar refractivity (Wildman–Crippen MR) is 110 cm³/mol. The van der Waals surface area contributed by atoms with Gasteiger partial charge in [-0.25, -0.2) is 4.68 Å². The van der Waals surface area contributed by atoms with Crippen LogP contribution in [0.1, 0.15) is 18.5 Å². The number of carbonyl (C=O) groups is 1. The lowest BCUT2D eigenvalue weighted by molar-refractivity contribution is -0.116. The first-order valence-electron chi connectivity index (χ1n) is 8.84. The molecule has 6 heteroatoms. The second kappa shape index (κ2) is 9.28. The molecule has 0 aliphatic heterocycles. The maximum atomic E-state index is 12.3. The van der Waals surface area contributed by atoms with Gasteiger partial charge in [-0.2, -0.15) is 5.10 Å². The predicted octanol–water partition coefficient (Wildman–Crippen LogP) is 4.70. The van der Waals surface area contributed by atoms with Gasteiger partial charge in [0.25, 0.3) is 0 Å². The van der Waals surface area contributed by atoms with Gasteiger partial charge < -0.3 is 10.1 Å². The molecule has 0 spiro atoms. The molecule has 27 heavy (non-hydrogen) atoms. The molecule has 0 bridgehead atoms. The fraction of sp³-hybridized carbons (Fsp3) is 0.238. The third-order valence-electron chi connectivity index (χ3n) is 3.98. The van der Waals surface area contributed by atoms with Gasteiger partial charge in [0.2, 0.25) is 5.91 Å². The molecule has 1 N–H and O–H groups in total. The number of nitrogens with zero attached hydrogens (tertiary/aromatic N) is 2. The first-order valence-corrected chi connectivity index (χ1v) is 9.83. The number of hydrogen-bond donors (Lipinski definition) is 1. The maximum Gasteiger partial charge on any atom is 0.225 e. The van der Waals surface area contributed by atoms with E-state index in [4.69, 9.17) is 4.74 Å². The molecule has 0 atom stereocenters. The summed E-state index contributed by atoms with van der Waals surface area (Å²) in [7, 11) is 1.66. The number of aromatic nitrogens is 2. The Balaban J connectivity index is 1.49. The number of rotatable bonds is 8. The maximum absolute atomic E-state index is 12.3. The molecule has 0 fully saturated rings. The molecule has 0 radical (unpaired) electrons. The topological polar surface area (TPSA) is 56.1 Å². The van der Waals surface area contributed by atoms with Gasteiger partial charge >= 0.3 is 0 Å². The molecule has 1 aromatic heterocycles. The number of hydrogen-bond acceptors (Lipinski definition) is 4. The van der Waals surface area contributed by atoms with Crippen LogP contribution in [-0.2, 0) is 4.79 Å². The van der Waals surface area contributed by atoms with Crippen LogP contribution in [-0.4, -0.2) is 28.6 Å². The van der Waals surface area contributed by atoms with Crippen LogP contribution < -0.4 is 10.1 Å². The molecule has 2 aromatic carbocycles. The van der Waals surface area contributed by atoms with Crippen molar-refractivity contribution >= 4 is 23.5 Å². The van der Waals surface area contributed by atoms with E-state index < -0.39 is 0 Å². The van der Waals surface area contributed by atoms with Crippen molar-refractivity contribution in [3.05, 3.63) is 66.4 Å². The third-order valence-corrected chi connectivity index (χ3v) is 5.07. The van der Waals surface area contributed by atoms with E-state index in [9.17, 15) is 4.79 Å². The van der Waals surface area contributed by atoms with Gasteiger partial charge in [-0.05, 0) is 55.5 Å². The zero-order chi connectivity index (χ0) is 19.1. The summed E-state index contributed by atoms with van der Waals surface area (Å²) < 4.78 is 6.92. The average Bonchev–Trinajstić information content (AvgIpc) is 3.06. The van der Waals surface area contributed by atoms with Crippen LogP contribution in [0, 0.1) is 6.92 Å². The van der Waals surface area contributed by atoms with Crippen LogP contribution >= 0.6 is 11.8 Å². The zero-order valence-corrected chi connectivity index (χ0v) is 16.3. The Morgan fingerprint density at radius 2 is 1.89 bits per heavy atom. The summed E-state index contributed by atoms with van der Waals surface area (Å²) in [5.41, 5.74) is 1.79. The molecule has 0 saturated carbocycles. The number of thioether (sulfide) groups is 1. The highest BCUT2D eigenvalue weighted by Gasteiger charge is 2.10. The Morgan fingerprint density at radius 3 is 2.59 bits per heavy atom. The van der Waals surface area contributed by atoms with Gasteiger partial charge in [0.05, 0.1) is 18.5 Å². The highest BCUT2D eigenvalue weighted by atomic mass is 32.2. The van der Waals surface area contributed by atoms with Crippen molar-refractivity contribution in [1.29, 1.82) is 0 Å². The minimum Gasteiger partial charge on any atom is -0.497 e. The normalized spacial score (nSPS) is 10.6. The second-order valence-corrected chi connectivity index (χ2v) is 7.26. The number of methoxy groups -OCH3 is 1. The minimum absolute atomic E-state index is 0.00223. The van der Waals surface area contributed by atoms with Crippen LogP contribution in [0.2, 0.25) is 0 Å². The first-order chi connectivity index (χ1) is 13.2. The minimum atomic E-state index is 0.00223. The van der Waals surface area contributed by atoms with E-state index in [0.717, 1.165) is 29.3 Å². The van der Waals surface area contributed by atoms with E-state index in [1.807, 2.05) is 67.6 Å². The quantitative estimate of drug-likeness (QED) is 0.454. The van der Waals surface area contributed by atoms with E-state index >= 15 is 0 Å². The SMILES string of the molecule is COc1ccc(SCCCC(=O)Nc2cc(C)nn2-c2ccccc2)cc1. The van der Waals surface area contributed by atoms with Crippen LogP contribution in [0.5, 0.6) is 5.75 Å². The smallest absolute Gasteiger partial charge is 0.225 e. The summed E-state index contributed by atoms with van der Waals surface area (Å²) in [6.07, 6.45) is 1.28. The van der Waals surface area contributed by atoms with Crippen LogP contribution in [0.4, 0.5) is 5.82 Å². The second-order valence-electron chi connectivity index (χ2n) is 6.09. The number of amides is 1. The molecule has 0 aliphatic carbocycles. The summed E-state index contributed by atoms with van der Waals surface area (Å²) in [5, 5.41) is 7.45. The van der Waals surface area contributed by atoms with Crippen LogP contribution in [0.15, 0.2) is 65.6 Å². The molecule has 0 unspecified atom stereocenters. The van der Waals surface area contributed by atoms with Crippen molar-refractivity contribution in [2.24, 2.45) is 0 Å². The lowest BCUT2D eigenvalue weighted by Crippen LogP contribution is -2.14. The monoisotopic (exact) mass is 381 g/mol. The fourth-order valence-electron chi connectivity index (χ4n) is 2.65. The number of aryl methyl sites for hydroxylation is 1. The Bertz CT molecular complexity index is 876. The summed E-state index contributed by atoms with van der Waals surface area (Å²) in [4.78, 5) is 13.5. The highest BCUT2D eigenvalue weighted by Crippen LogP contribution is 2.22. The van der Waals surface area contributed by atoms with Crippen molar-refractivity contribution < 1.29 is 9.53 Å². The first kappa shape index (κ1) is 19.0. The van der Waals surface area contributed by atoms with Crippen molar-refractivity contribution in [3.8, 4) is 11.4 Å². The lowest BCUT2D eigenvalue weighted by atomic mass is 10.3. The van der Waals surface area contributed by atoms with Crippen molar-refractivity contribution in [1.82, 2.24) is 9.78 Å². The molecule has 1 amide bonds. The molecule has 1 heterocycles. The highest BCUT2D eigenvalue weighted by molar-refractivity contribution is 7.99. The standard InChI is InChI=1S/C21H23N3O2S/c1-16-15-20(24(23-16)17-7-4-3-5-8-17)22-21(25)9-6-14-27-19-12-10-18(26-2)11-13-19/h3-5,7-8,10-13,15H,6,9,14H2,1-2H3,(H,22,25). The van der Waals surface area contributed by atoms with Crippen molar-refractivity contribution in [3.63, 3.8) is 0 Å². The van der Waals surface area contributed by atoms with Crippen LogP contribution in [0.3, 0.4) is 0 Å². The number of nitrogens with one attached hydrogen (secondary N) is 1. The van der Waals surface area contributed by atoms with E-state index in [1.165, 1.54) is 4.90 Å². The third kappa shape index (κ3) is 5.37. The Kier molecular flexibility index (Phi) is 6.54. The molecule has 140 valence electrons. The molecular weight excluding hydrogens is 358 g/mol. The number of anilines is 1. The molecular formula is C21H23N3O2S. The van der Waals surface area contributed by atoms with E-state index in [1.54, 1.807) is 23.6 Å². The van der Waals surface area contributed by atoms with E-state index in [-0.39, 0.29) is 5.91 Å². The summed E-state index contributed by atoms with van der Waals surface area (Å²) >= 11 is 1.74. The summed E-state index contributed by atoms with van der Waals surface area (Å²) in [6.45, 7) is 1.92. The fourth-order valence-corrected chi connectivity index (χ4v) is 3.51. The van der Waals surface area contributed by atoms with Gasteiger partial charge in [0.15, 0.2) is 0 Å². The molecule has 5 nitrogen and oxygen atoms in total. The number of benzene rings is 2. The molecule has 0 saturated heterocycles. The largest absolute Gasteiger partial charge is 0.497 e. The van der Waals surface area contributed by atoms with E-state index in [2.05, 4.69) is 10.4 Å².